The molecule has 2 nitrogen and oxygen atoms in total. The van der Waals surface area contributed by atoms with Crippen molar-refractivity contribution in [2.45, 2.75) is 31.6 Å². The fourth-order valence-electron chi connectivity index (χ4n) is 0.587. The second kappa shape index (κ2) is 6.23. The Hall–Kier alpha value is -0.500. The molecule has 64 valence electrons. The molecule has 0 aliphatic heterocycles. The number of rotatable bonds is 5. The highest BCUT2D eigenvalue weighted by atomic mass is 35.5. The largest absolute Gasteiger partial charge is 0.481 e. The van der Waals surface area contributed by atoms with Crippen LogP contribution < -0.4 is 0 Å². The minimum atomic E-state index is -0.766. The van der Waals surface area contributed by atoms with Crippen molar-refractivity contribution >= 4 is 17.6 Å². The third-order valence-corrected chi connectivity index (χ3v) is 1.71. The van der Waals surface area contributed by atoms with Crippen LogP contribution in [0.4, 0.5) is 0 Å². The predicted molar refractivity (Wildman–Crippen MR) is 45.9 cm³/mol. The summed E-state index contributed by atoms with van der Waals surface area (Å²) in [6.45, 7) is 1.99. The molecule has 1 N–H and O–H groups in total. The summed E-state index contributed by atoms with van der Waals surface area (Å²) in [7, 11) is 0. The standard InChI is InChI=1S/C8H13ClO2/c1-2-7(9)5-3-4-6-8(10)11/h3,5,7H,2,4,6H2,1H3,(H,10,11)/b5-3+. The van der Waals surface area contributed by atoms with Gasteiger partial charge in [0.05, 0.1) is 5.38 Å². The van der Waals surface area contributed by atoms with E-state index in [1.54, 1.807) is 0 Å². The van der Waals surface area contributed by atoms with E-state index in [0.29, 0.717) is 6.42 Å². The summed E-state index contributed by atoms with van der Waals surface area (Å²) in [5.41, 5.74) is 0. The van der Waals surface area contributed by atoms with Crippen LogP contribution in [0.2, 0.25) is 0 Å². The molecule has 0 radical (unpaired) electrons. The number of hydrogen-bond acceptors (Lipinski definition) is 1. The van der Waals surface area contributed by atoms with E-state index in [-0.39, 0.29) is 11.8 Å². The highest BCUT2D eigenvalue weighted by molar-refractivity contribution is 6.21. The summed E-state index contributed by atoms with van der Waals surface area (Å²) in [5.74, 6) is -0.766. The molecular formula is C8H13ClO2. The van der Waals surface area contributed by atoms with Crippen LogP contribution in [0.15, 0.2) is 12.2 Å². The number of halogens is 1. The van der Waals surface area contributed by atoms with Gasteiger partial charge >= 0.3 is 5.97 Å². The lowest BCUT2D eigenvalue weighted by atomic mass is 10.2. The van der Waals surface area contributed by atoms with Gasteiger partial charge in [0.15, 0.2) is 0 Å². The van der Waals surface area contributed by atoms with Gasteiger partial charge < -0.3 is 5.11 Å². The fraction of sp³-hybridized carbons (Fsp3) is 0.625. The molecule has 0 aromatic carbocycles. The van der Waals surface area contributed by atoms with Crippen LogP contribution in [0.25, 0.3) is 0 Å². The first-order chi connectivity index (χ1) is 5.16. The Kier molecular flexibility index (Phi) is 5.94. The van der Waals surface area contributed by atoms with Gasteiger partial charge in [-0.2, -0.15) is 0 Å². The molecule has 0 aromatic rings. The third-order valence-electron chi connectivity index (χ3n) is 1.26. The number of aliphatic carboxylic acids is 1. The molecule has 0 aliphatic rings. The first-order valence-electron chi connectivity index (χ1n) is 3.69. The van der Waals surface area contributed by atoms with Crippen LogP contribution in [0.1, 0.15) is 26.2 Å². The second-order valence-electron chi connectivity index (χ2n) is 2.28. The highest BCUT2D eigenvalue weighted by Crippen LogP contribution is 2.03. The Labute approximate surface area is 71.9 Å². The summed E-state index contributed by atoms with van der Waals surface area (Å²) in [6, 6.07) is 0. The van der Waals surface area contributed by atoms with Crippen molar-refractivity contribution in [3.8, 4) is 0 Å². The van der Waals surface area contributed by atoms with Gasteiger partial charge in [-0.25, -0.2) is 0 Å². The topological polar surface area (TPSA) is 37.3 Å². The van der Waals surface area contributed by atoms with E-state index in [1.807, 2.05) is 19.1 Å². The van der Waals surface area contributed by atoms with E-state index in [9.17, 15) is 4.79 Å². The van der Waals surface area contributed by atoms with Crippen LogP contribution >= 0.6 is 11.6 Å². The predicted octanol–water partition coefficient (Wildman–Crippen LogP) is 2.42. The van der Waals surface area contributed by atoms with Crippen molar-refractivity contribution in [2.24, 2.45) is 0 Å². The van der Waals surface area contributed by atoms with E-state index >= 15 is 0 Å². The molecule has 0 rings (SSSR count). The normalized spacial score (nSPS) is 13.6. The van der Waals surface area contributed by atoms with E-state index in [2.05, 4.69) is 0 Å². The smallest absolute Gasteiger partial charge is 0.303 e. The Morgan fingerprint density at radius 1 is 1.73 bits per heavy atom. The second-order valence-corrected chi connectivity index (χ2v) is 2.85. The monoisotopic (exact) mass is 176 g/mol. The molecular weight excluding hydrogens is 164 g/mol. The fourth-order valence-corrected chi connectivity index (χ4v) is 0.690. The summed E-state index contributed by atoms with van der Waals surface area (Å²) < 4.78 is 0. The van der Waals surface area contributed by atoms with Crippen LogP contribution in [0.5, 0.6) is 0 Å². The molecule has 0 spiro atoms. The molecule has 0 aliphatic carbocycles. The first kappa shape index (κ1) is 10.5. The number of carboxylic acid groups (broad SMARTS) is 1. The molecule has 1 atom stereocenters. The van der Waals surface area contributed by atoms with Gasteiger partial charge in [0.2, 0.25) is 0 Å². The molecule has 11 heavy (non-hydrogen) atoms. The van der Waals surface area contributed by atoms with Gasteiger partial charge in [0.1, 0.15) is 0 Å². The summed E-state index contributed by atoms with van der Waals surface area (Å²) in [5, 5.41) is 8.31. The van der Waals surface area contributed by atoms with E-state index in [1.165, 1.54) is 0 Å². The average molecular weight is 177 g/mol. The number of alkyl halides is 1. The lowest BCUT2D eigenvalue weighted by Crippen LogP contribution is -1.93. The average Bonchev–Trinajstić information content (AvgIpc) is 1.97. The van der Waals surface area contributed by atoms with Crippen molar-refractivity contribution < 1.29 is 9.90 Å². The van der Waals surface area contributed by atoms with Crippen molar-refractivity contribution in [1.82, 2.24) is 0 Å². The van der Waals surface area contributed by atoms with Crippen LogP contribution in [0.3, 0.4) is 0 Å². The minimum Gasteiger partial charge on any atom is -0.481 e. The van der Waals surface area contributed by atoms with E-state index < -0.39 is 5.97 Å². The van der Waals surface area contributed by atoms with Gasteiger partial charge in [-0.3, -0.25) is 4.79 Å². The SMILES string of the molecule is CCC(Cl)/C=C/CCC(=O)O. The Bertz CT molecular complexity index is 143. The number of carboxylic acids is 1. The van der Waals surface area contributed by atoms with Crippen molar-refractivity contribution in [3.05, 3.63) is 12.2 Å². The molecule has 0 heterocycles. The summed E-state index contributed by atoms with van der Waals surface area (Å²) in [6.07, 6.45) is 5.29. The lowest BCUT2D eigenvalue weighted by Gasteiger charge is -1.95. The maximum Gasteiger partial charge on any atom is 0.303 e. The van der Waals surface area contributed by atoms with Gasteiger partial charge in [-0.15, -0.1) is 11.6 Å². The Balaban J connectivity index is 3.36. The molecule has 0 saturated carbocycles. The molecule has 0 aromatic heterocycles. The van der Waals surface area contributed by atoms with Crippen molar-refractivity contribution in [3.63, 3.8) is 0 Å². The van der Waals surface area contributed by atoms with Crippen molar-refractivity contribution in [2.75, 3.05) is 0 Å². The van der Waals surface area contributed by atoms with E-state index in [0.717, 1.165) is 6.42 Å². The molecule has 0 saturated heterocycles. The third kappa shape index (κ3) is 7.40. The van der Waals surface area contributed by atoms with Gasteiger partial charge in [-0.1, -0.05) is 19.1 Å². The lowest BCUT2D eigenvalue weighted by molar-refractivity contribution is -0.136. The van der Waals surface area contributed by atoms with Crippen LogP contribution in [-0.2, 0) is 4.79 Å². The maximum atomic E-state index is 10.0. The highest BCUT2D eigenvalue weighted by Gasteiger charge is 1.94. The minimum absolute atomic E-state index is 0.0452. The zero-order valence-electron chi connectivity index (χ0n) is 6.59. The quantitative estimate of drug-likeness (QED) is 0.516. The molecule has 0 fully saturated rings. The molecule has 0 bridgehead atoms. The van der Waals surface area contributed by atoms with E-state index in [4.69, 9.17) is 16.7 Å². The van der Waals surface area contributed by atoms with Gasteiger partial charge in [0, 0.05) is 6.42 Å². The number of carbonyl (C=O) groups is 1. The zero-order chi connectivity index (χ0) is 8.69. The van der Waals surface area contributed by atoms with Crippen LogP contribution in [-0.4, -0.2) is 16.5 Å². The number of hydrogen-bond donors (Lipinski definition) is 1. The zero-order valence-corrected chi connectivity index (χ0v) is 7.34. The molecule has 3 heteroatoms. The molecule has 1 unspecified atom stereocenters. The van der Waals surface area contributed by atoms with Gasteiger partial charge in [0.25, 0.3) is 0 Å². The van der Waals surface area contributed by atoms with Crippen molar-refractivity contribution in [1.29, 1.82) is 0 Å². The Morgan fingerprint density at radius 3 is 2.82 bits per heavy atom. The molecule has 0 amide bonds. The first-order valence-corrected chi connectivity index (χ1v) is 4.13. The van der Waals surface area contributed by atoms with Crippen LogP contribution in [0, 0.1) is 0 Å². The summed E-state index contributed by atoms with van der Waals surface area (Å²) in [4.78, 5) is 10.0. The maximum absolute atomic E-state index is 10.0. The summed E-state index contributed by atoms with van der Waals surface area (Å²) >= 11 is 5.75. The number of allylic oxidation sites excluding steroid dienone is 2. The van der Waals surface area contributed by atoms with Gasteiger partial charge in [-0.05, 0) is 12.8 Å². The Morgan fingerprint density at radius 2 is 2.36 bits per heavy atom.